The van der Waals surface area contributed by atoms with Gasteiger partial charge in [-0.05, 0) is 50.0 Å². The molecular formula is C19H30N2O3. The van der Waals surface area contributed by atoms with Crippen molar-refractivity contribution in [1.29, 1.82) is 0 Å². The van der Waals surface area contributed by atoms with Crippen LogP contribution >= 0.6 is 0 Å². The first-order valence-corrected chi connectivity index (χ1v) is 9.50. The average Bonchev–Trinajstić information content (AvgIpc) is 2.80. The number of nitrogens with one attached hydrogen (secondary N) is 1. The first-order valence-electron chi connectivity index (χ1n) is 9.50. The summed E-state index contributed by atoms with van der Waals surface area (Å²) in [6.07, 6.45) is 4.63. The summed E-state index contributed by atoms with van der Waals surface area (Å²) in [5.74, 6) is -0.608. The number of carbonyl (C=O) groups excluding carboxylic acids is 1. The number of ether oxygens (including phenoxy) is 1. The first-order chi connectivity index (χ1) is 11.4. The van der Waals surface area contributed by atoms with Crippen molar-refractivity contribution in [3.05, 3.63) is 11.1 Å². The van der Waals surface area contributed by atoms with Gasteiger partial charge in [0.25, 0.3) is 0 Å². The number of esters is 1. The van der Waals surface area contributed by atoms with E-state index in [1.54, 1.807) is 0 Å². The highest BCUT2D eigenvalue weighted by atomic mass is 16.6. The van der Waals surface area contributed by atoms with Crippen molar-refractivity contribution in [3.63, 3.8) is 0 Å². The summed E-state index contributed by atoms with van der Waals surface area (Å²) in [7, 11) is 0. The fraction of sp³-hybridized carbons (Fsp3) is 0.842. The number of hydrogen-bond donors (Lipinski definition) is 2. The molecule has 2 heterocycles. The minimum atomic E-state index is -1.02. The quantitative estimate of drug-likeness (QED) is 0.591. The molecule has 0 aromatic rings. The number of aliphatic hydroxyl groups is 1. The fourth-order valence-electron chi connectivity index (χ4n) is 5.49. The van der Waals surface area contributed by atoms with E-state index in [9.17, 15) is 9.90 Å². The molecule has 4 atom stereocenters. The van der Waals surface area contributed by atoms with Crippen LogP contribution in [0.15, 0.2) is 11.1 Å². The lowest BCUT2D eigenvalue weighted by Crippen LogP contribution is -2.56. The minimum absolute atomic E-state index is 0.101. The fourth-order valence-corrected chi connectivity index (χ4v) is 5.49. The smallest absolute Gasteiger partial charge is 0.314 e. The van der Waals surface area contributed by atoms with Gasteiger partial charge in [-0.3, -0.25) is 9.69 Å². The predicted molar refractivity (Wildman–Crippen MR) is 91.5 cm³/mol. The van der Waals surface area contributed by atoms with E-state index in [1.807, 2.05) is 0 Å². The van der Waals surface area contributed by atoms with Gasteiger partial charge in [0.05, 0.1) is 0 Å². The topological polar surface area (TPSA) is 61.8 Å². The Hall–Kier alpha value is -0.910. The highest BCUT2D eigenvalue weighted by molar-refractivity contribution is 5.78. The van der Waals surface area contributed by atoms with E-state index >= 15 is 0 Å². The molecule has 2 saturated heterocycles. The van der Waals surface area contributed by atoms with E-state index in [4.69, 9.17) is 4.74 Å². The van der Waals surface area contributed by atoms with Crippen LogP contribution in [0.1, 0.15) is 46.0 Å². The molecule has 2 aliphatic heterocycles. The molecule has 4 rings (SSSR count). The Kier molecular flexibility index (Phi) is 4.01. The van der Waals surface area contributed by atoms with Crippen LogP contribution in [0.2, 0.25) is 0 Å². The van der Waals surface area contributed by atoms with Crippen molar-refractivity contribution >= 4 is 5.97 Å². The van der Waals surface area contributed by atoms with Gasteiger partial charge >= 0.3 is 5.97 Å². The Bertz CT molecular complexity index is 569. The van der Waals surface area contributed by atoms with Crippen LogP contribution in [0.3, 0.4) is 0 Å². The summed E-state index contributed by atoms with van der Waals surface area (Å²) in [5, 5.41) is 14.9. The molecule has 0 amide bonds. The maximum Gasteiger partial charge on any atom is 0.314 e. The van der Waals surface area contributed by atoms with E-state index in [0.717, 1.165) is 45.4 Å². The second kappa shape index (κ2) is 5.82. The summed E-state index contributed by atoms with van der Waals surface area (Å²) >= 11 is 0. The zero-order chi connectivity index (χ0) is 16.9. The summed E-state index contributed by atoms with van der Waals surface area (Å²) in [5.41, 5.74) is 1.65. The lowest BCUT2D eigenvalue weighted by atomic mass is 9.58. The average molecular weight is 334 g/mol. The van der Waals surface area contributed by atoms with E-state index in [2.05, 4.69) is 24.1 Å². The molecule has 3 fully saturated rings. The number of allylic oxidation sites excluding steroid dienone is 1. The van der Waals surface area contributed by atoms with Gasteiger partial charge in [0.15, 0.2) is 6.10 Å². The third-order valence-electron chi connectivity index (χ3n) is 6.96. The summed E-state index contributed by atoms with van der Waals surface area (Å²) in [6, 6.07) is 0. The molecule has 0 spiro atoms. The standard InChI is InChI=1S/C19H30N2O3/c1-13-4-3-5-18(2)6-7-19(23)14(12-21-10-8-20-9-11-21)17(22)24-16(19)15(13)18/h14,16,20,23H,3-12H2,1-2H3/t14?,16-,18+,19?/m0/s1. The van der Waals surface area contributed by atoms with Crippen molar-refractivity contribution in [1.82, 2.24) is 10.2 Å². The molecule has 0 bridgehead atoms. The number of carbonyl (C=O) groups is 1. The van der Waals surface area contributed by atoms with Crippen LogP contribution in [0, 0.1) is 11.3 Å². The molecule has 0 aromatic heterocycles. The Morgan fingerprint density at radius 3 is 2.79 bits per heavy atom. The van der Waals surface area contributed by atoms with Crippen molar-refractivity contribution in [2.24, 2.45) is 11.3 Å². The zero-order valence-electron chi connectivity index (χ0n) is 14.9. The van der Waals surface area contributed by atoms with Crippen LogP contribution in [0.4, 0.5) is 0 Å². The number of fused-ring (bicyclic) bond motifs is 3. The number of piperazine rings is 1. The monoisotopic (exact) mass is 334 g/mol. The Balaban J connectivity index is 1.63. The lowest BCUT2D eigenvalue weighted by Gasteiger charge is -2.49. The Morgan fingerprint density at radius 1 is 1.29 bits per heavy atom. The third-order valence-corrected chi connectivity index (χ3v) is 6.96. The summed E-state index contributed by atoms with van der Waals surface area (Å²) in [6.45, 7) is 8.85. The Morgan fingerprint density at radius 2 is 2.04 bits per heavy atom. The van der Waals surface area contributed by atoms with Gasteiger partial charge in [0.1, 0.15) is 11.5 Å². The number of hydrogen-bond acceptors (Lipinski definition) is 5. The van der Waals surface area contributed by atoms with Crippen molar-refractivity contribution in [3.8, 4) is 0 Å². The molecule has 2 aliphatic carbocycles. The second-order valence-electron chi connectivity index (χ2n) is 8.52. The Labute approximate surface area is 144 Å². The van der Waals surface area contributed by atoms with E-state index in [1.165, 1.54) is 17.6 Å². The molecule has 1 saturated carbocycles. The van der Waals surface area contributed by atoms with E-state index in [0.29, 0.717) is 13.0 Å². The predicted octanol–water partition coefficient (Wildman–Crippen LogP) is 1.46. The number of rotatable bonds is 2. The van der Waals surface area contributed by atoms with Crippen LogP contribution in [-0.2, 0) is 9.53 Å². The molecular weight excluding hydrogens is 304 g/mol. The first kappa shape index (κ1) is 16.6. The van der Waals surface area contributed by atoms with Gasteiger partial charge in [0.2, 0.25) is 0 Å². The zero-order valence-corrected chi connectivity index (χ0v) is 14.9. The number of nitrogens with zero attached hydrogens (tertiary/aromatic N) is 1. The molecule has 5 heteroatoms. The van der Waals surface area contributed by atoms with Gasteiger partial charge in [-0.1, -0.05) is 12.5 Å². The largest absolute Gasteiger partial charge is 0.454 e. The van der Waals surface area contributed by atoms with Gasteiger partial charge < -0.3 is 15.2 Å². The second-order valence-corrected chi connectivity index (χ2v) is 8.52. The molecule has 2 unspecified atom stereocenters. The molecule has 2 N–H and O–H groups in total. The van der Waals surface area contributed by atoms with Crippen molar-refractivity contribution in [2.45, 2.75) is 57.7 Å². The van der Waals surface area contributed by atoms with Crippen LogP contribution < -0.4 is 5.32 Å². The normalized spacial score (nSPS) is 43.4. The van der Waals surface area contributed by atoms with Gasteiger partial charge in [-0.2, -0.15) is 0 Å². The van der Waals surface area contributed by atoms with E-state index in [-0.39, 0.29) is 11.4 Å². The molecule has 134 valence electrons. The van der Waals surface area contributed by atoms with Crippen molar-refractivity contribution in [2.75, 3.05) is 32.7 Å². The molecule has 5 nitrogen and oxygen atoms in total. The summed E-state index contributed by atoms with van der Waals surface area (Å²) < 4.78 is 5.84. The third kappa shape index (κ3) is 2.44. The lowest BCUT2D eigenvalue weighted by molar-refractivity contribution is -0.144. The highest BCUT2D eigenvalue weighted by Crippen LogP contribution is 2.57. The van der Waals surface area contributed by atoms with Crippen LogP contribution in [-0.4, -0.2) is 60.4 Å². The highest BCUT2D eigenvalue weighted by Gasteiger charge is 2.63. The van der Waals surface area contributed by atoms with Gasteiger partial charge in [0, 0.05) is 32.7 Å². The minimum Gasteiger partial charge on any atom is -0.454 e. The maximum absolute atomic E-state index is 12.7. The van der Waals surface area contributed by atoms with Crippen LogP contribution in [0.5, 0.6) is 0 Å². The van der Waals surface area contributed by atoms with Gasteiger partial charge in [-0.25, -0.2) is 0 Å². The SMILES string of the molecule is CC1=C2[C@@H]3OC(=O)C(CN4CCNCC4)C3(O)CC[C@@]2(C)CCC1. The summed E-state index contributed by atoms with van der Waals surface area (Å²) in [4.78, 5) is 14.9. The van der Waals surface area contributed by atoms with Crippen molar-refractivity contribution < 1.29 is 14.6 Å². The maximum atomic E-state index is 12.7. The molecule has 0 radical (unpaired) electrons. The van der Waals surface area contributed by atoms with E-state index < -0.39 is 17.6 Å². The molecule has 24 heavy (non-hydrogen) atoms. The van der Waals surface area contributed by atoms with Crippen LogP contribution in [0.25, 0.3) is 0 Å². The molecule has 4 aliphatic rings. The van der Waals surface area contributed by atoms with Gasteiger partial charge in [-0.15, -0.1) is 0 Å². The molecule has 0 aromatic carbocycles.